The maximum absolute atomic E-state index is 10.0. The SMILES string of the molecule is CCC(CO)CCCCSOS(=O)(=O)[O-]. The van der Waals surface area contributed by atoms with E-state index in [1.165, 1.54) is 0 Å². The van der Waals surface area contributed by atoms with Crippen LogP contribution in [0.5, 0.6) is 0 Å². The summed E-state index contributed by atoms with van der Waals surface area (Å²) in [5.74, 6) is 0.794. The summed E-state index contributed by atoms with van der Waals surface area (Å²) in [6, 6.07) is 0. The van der Waals surface area contributed by atoms with Crippen LogP contribution in [0.2, 0.25) is 0 Å². The Morgan fingerprint density at radius 3 is 2.60 bits per heavy atom. The first-order valence-electron chi connectivity index (χ1n) is 4.87. The number of aliphatic hydroxyl groups excluding tert-OH is 1. The van der Waals surface area contributed by atoms with Gasteiger partial charge in [-0.1, -0.05) is 19.8 Å². The van der Waals surface area contributed by atoms with Gasteiger partial charge in [-0.25, -0.2) is 12.0 Å². The summed E-state index contributed by atoms with van der Waals surface area (Å²) in [6.45, 7) is 2.21. The Morgan fingerprint density at radius 1 is 1.47 bits per heavy atom. The second-order valence-electron chi connectivity index (χ2n) is 3.25. The quantitative estimate of drug-likeness (QED) is 0.290. The Labute approximate surface area is 95.4 Å². The zero-order valence-electron chi connectivity index (χ0n) is 8.72. The third-order valence-corrected chi connectivity index (χ3v) is 3.56. The fourth-order valence-electron chi connectivity index (χ4n) is 1.11. The van der Waals surface area contributed by atoms with Gasteiger partial charge in [-0.2, -0.15) is 0 Å². The number of unbranched alkanes of at least 4 members (excludes halogenated alkanes) is 1. The molecule has 0 rings (SSSR count). The average molecular weight is 257 g/mol. The molecule has 0 saturated carbocycles. The van der Waals surface area contributed by atoms with E-state index in [1.807, 2.05) is 6.92 Å². The van der Waals surface area contributed by atoms with Gasteiger partial charge in [0.2, 0.25) is 10.4 Å². The summed E-state index contributed by atoms with van der Waals surface area (Å²) in [5.41, 5.74) is 0. The normalized spacial score (nSPS) is 14.1. The summed E-state index contributed by atoms with van der Waals surface area (Å²) >= 11 is 0.664. The number of hydrogen-bond donors (Lipinski definition) is 1. The van der Waals surface area contributed by atoms with E-state index in [4.69, 9.17) is 5.11 Å². The molecule has 1 N–H and O–H groups in total. The first kappa shape index (κ1) is 15.2. The third kappa shape index (κ3) is 10.5. The lowest BCUT2D eigenvalue weighted by atomic mass is 10.0. The van der Waals surface area contributed by atoms with Gasteiger partial charge >= 0.3 is 0 Å². The van der Waals surface area contributed by atoms with Gasteiger partial charge in [-0.15, -0.1) is 0 Å². The monoisotopic (exact) mass is 257 g/mol. The molecule has 0 amide bonds. The predicted octanol–water partition coefficient (Wildman–Crippen LogP) is 1.30. The van der Waals surface area contributed by atoms with Crippen molar-refractivity contribution in [3.05, 3.63) is 0 Å². The molecule has 0 heterocycles. The van der Waals surface area contributed by atoms with Crippen molar-refractivity contribution in [1.82, 2.24) is 0 Å². The maximum Gasteiger partial charge on any atom is 0.228 e. The average Bonchev–Trinajstić information content (AvgIpc) is 2.15. The van der Waals surface area contributed by atoms with Crippen LogP contribution in [0.4, 0.5) is 0 Å². The molecular formula is C8H17O5S2-. The van der Waals surface area contributed by atoms with Crippen molar-refractivity contribution >= 4 is 22.4 Å². The molecular weight excluding hydrogens is 240 g/mol. The maximum atomic E-state index is 10.0. The first-order valence-corrected chi connectivity index (χ1v) is 7.11. The molecule has 0 spiro atoms. The molecule has 0 aliphatic heterocycles. The van der Waals surface area contributed by atoms with Crippen molar-refractivity contribution in [2.75, 3.05) is 12.4 Å². The molecule has 0 aliphatic rings. The fraction of sp³-hybridized carbons (Fsp3) is 1.00. The highest BCUT2D eigenvalue weighted by atomic mass is 32.3. The molecule has 15 heavy (non-hydrogen) atoms. The second kappa shape index (κ2) is 8.35. The summed E-state index contributed by atoms with van der Waals surface area (Å²) in [5, 5.41) is 8.88. The van der Waals surface area contributed by atoms with Crippen LogP contribution in [0, 0.1) is 5.92 Å². The minimum atomic E-state index is -4.56. The Kier molecular flexibility index (Phi) is 8.45. The standard InChI is InChI=1S/C8H18O5S2/c1-2-8(7-9)5-3-4-6-14-13-15(10,11)12/h8-9H,2-7H2,1H3,(H,10,11,12)/p-1. The molecule has 1 unspecified atom stereocenters. The first-order chi connectivity index (χ1) is 6.99. The molecule has 0 aliphatic carbocycles. The highest BCUT2D eigenvalue weighted by molar-refractivity contribution is 8.02. The van der Waals surface area contributed by atoms with Gasteiger partial charge in [-0.05, 0) is 18.8 Å². The van der Waals surface area contributed by atoms with Crippen molar-refractivity contribution in [3.8, 4) is 0 Å². The Bertz CT molecular complexity index is 235. The van der Waals surface area contributed by atoms with Gasteiger partial charge in [0.1, 0.15) is 0 Å². The minimum Gasteiger partial charge on any atom is -0.725 e. The molecule has 0 fully saturated rings. The molecule has 0 aromatic carbocycles. The lowest BCUT2D eigenvalue weighted by Crippen LogP contribution is -2.04. The van der Waals surface area contributed by atoms with E-state index in [9.17, 15) is 13.0 Å². The van der Waals surface area contributed by atoms with Crippen LogP contribution in [0.15, 0.2) is 0 Å². The largest absolute Gasteiger partial charge is 0.725 e. The Balaban J connectivity index is 3.32. The topological polar surface area (TPSA) is 86.7 Å². The van der Waals surface area contributed by atoms with Gasteiger partial charge in [0.25, 0.3) is 0 Å². The highest BCUT2D eigenvalue weighted by Gasteiger charge is 2.03. The highest BCUT2D eigenvalue weighted by Crippen LogP contribution is 2.15. The zero-order valence-corrected chi connectivity index (χ0v) is 10.3. The van der Waals surface area contributed by atoms with E-state index >= 15 is 0 Å². The minimum absolute atomic E-state index is 0.190. The summed E-state index contributed by atoms with van der Waals surface area (Å²) < 4.78 is 34.1. The van der Waals surface area contributed by atoms with Gasteiger partial charge in [0.05, 0.1) is 0 Å². The van der Waals surface area contributed by atoms with Crippen molar-refractivity contribution < 1.29 is 21.7 Å². The molecule has 0 radical (unpaired) electrons. The molecule has 7 heteroatoms. The van der Waals surface area contributed by atoms with Gasteiger partial charge in [-0.3, -0.25) is 0 Å². The molecule has 0 aromatic heterocycles. The lowest BCUT2D eigenvalue weighted by Gasteiger charge is -2.10. The summed E-state index contributed by atoms with van der Waals surface area (Å²) in [7, 11) is -4.56. The van der Waals surface area contributed by atoms with Crippen LogP contribution in [-0.2, 0) is 14.0 Å². The third-order valence-electron chi connectivity index (χ3n) is 2.06. The van der Waals surface area contributed by atoms with Crippen LogP contribution in [0.3, 0.4) is 0 Å². The van der Waals surface area contributed by atoms with Gasteiger partial charge in [0.15, 0.2) is 0 Å². The zero-order chi connectivity index (χ0) is 11.7. The number of aliphatic hydroxyl groups is 1. The van der Waals surface area contributed by atoms with E-state index in [0.29, 0.717) is 23.7 Å². The van der Waals surface area contributed by atoms with E-state index in [1.54, 1.807) is 0 Å². The lowest BCUT2D eigenvalue weighted by molar-refractivity contribution is 0.212. The van der Waals surface area contributed by atoms with Crippen LogP contribution < -0.4 is 0 Å². The van der Waals surface area contributed by atoms with Crippen LogP contribution in [0.1, 0.15) is 32.6 Å². The van der Waals surface area contributed by atoms with E-state index < -0.39 is 10.4 Å². The molecule has 1 atom stereocenters. The fourth-order valence-corrected chi connectivity index (χ4v) is 2.18. The Hall–Kier alpha value is 0.180. The van der Waals surface area contributed by atoms with E-state index in [-0.39, 0.29) is 6.61 Å². The van der Waals surface area contributed by atoms with E-state index in [0.717, 1.165) is 25.7 Å². The van der Waals surface area contributed by atoms with Crippen LogP contribution in [0.25, 0.3) is 0 Å². The van der Waals surface area contributed by atoms with Gasteiger partial charge < -0.3 is 9.66 Å². The molecule has 92 valence electrons. The molecule has 5 nitrogen and oxygen atoms in total. The summed E-state index contributed by atoms with van der Waals surface area (Å²) in [4.78, 5) is 0. The van der Waals surface area contributed by atoms with Crippen molar-refractivity contribution in [2.24, 2.45) is 5.92 Å². The smallest absolute Gasteiger partial charge is 0.228 e. The van der Waals surface area contributed by atoms with Crippen LogP contribution in [-0.4, -0.2) is 30.4 Å². The van der Waals surface area contributed by atoms with Gasteiger partial charge in [0, 0.05) is 24.4 Å². The van der Waals surface area contributed by atoms with Crippen molar-refractivity contribution in [2.45, 2.75) is 32.6 Å². The molecule has 0 bridgehead atoms. The van der Waals surface area contributed by atoms with Crippen LogP contribution >= 0.6 is 12.0 Å². The van der Waals surface area contributed by atoms with Crippen molar-refractivity contribution in [1.29, 1.82) is 0 Å². The van der Waals surface area contributed by atoms with E-state index in [2.05, 4.69) is 3.63 Å². The molecule has 0 saturated heterocycles. The number of rotatable bonds is 9. The second-order valence-corrected chi connectivity index (χ2v) is 5.26. The Morgan fingerprint density at radius 2 is 2.13 bits per heavy atom. The predicted molar refractivity (Wildman–Crippen MR) is 58.0 cm³/mol. The summed E-state index contributed by atoms with van der Waals surface area (Å²) in [6.07, 6.45) is 3.53. The van der Waals surface area contributed by atoms with Crippen molar-refractivity contribution in [3.63, 3.8) is 0 Å². The number of hydrogen-bond acceptors (Lipinski definition) is 6. The molecule has 0 aromatic rings.